The number of halogens is 1. The van der Waals surface area contributed by atoms with Crippen LogP contribution in [0.4, 0.5) is 5.69 Å². The lowest BCUT2D eigenvalue weighted by atomic mass is 10.2. The van der Waals surface area contributed by atoms with Crippen molar-refractivity contribution < 1.29 is 9.59 Å². The third-order valence-corrected chi connectivity index (χ3v) is 5.49. The summed E-state index contributed by atoms with van der Waals surface area (Å²) in [4.78, 5) is 30.5. The molecule has 7 heteroatoms. The molecule has 0 radical (unpaired) electrons. The molecule has 1 aromatic heterocycles. The molecule has 2 amide bonds. The van der Waals surface area contributed by atoms with Gasteiger partial charge in [0, 0.05) is 22.5 Å². The van der Waals surface area contributed by atoms with Gasteiger partial charge in [0.15, 0.2) is 0 Å². The van der Waals surface area contributed by atoms with Gasteiger partial charge in [0.2, 0.25) is 11.8 Å². The molecule has 5 nitrogen and oxygen atoms in total. The summed E-state index contributed by atoms with van der Waals surface area (Å²) in [6.07, 6.45) is 0.169. The van der Waals surface area contributed by atoms with Crippen LogP contribution in [-0.2, 0) is 16.0 Å². The van der Waals surface area contributed by atoms with Gasteiger partial charge in [-0.1, -0.05) is 42.5 Å². The molecule has 27 heavy (non-hydrogen) atoms. The van der Waals surface area contributed by atoms with Crippen LogP contribution in [0.15, 0.2) is 64.5 Å². The number of carbonyl (C=O) groups is 2. The minimum absolute atomic E-state index is 0.0180. The van der Waals surface area contributed by atoms with Crippen LogP contribution < -0.4 is 5.32 Å². The van der Waals surface area contributed by atoms with Crippen molar-refractivity contribution in [3.05, 3.63) is 70.1 Å². The number of rotatable bonds is 6. The van der Waals surface area contributed by atoms with Crippen LogP contribution in [0.2, 0.25) is 0 Å². The number of amides is 2. The Morgan fingerprint density at radius 1 is 1.11 bits per heavy atom. The van der Waals surface area contributed by atoms with Crippen molar-refractivity contribution in [3.8, 4) is 10.6 Å². The van der Waals surface area contributed by atoms with Crippen molar-refractivity contribution in [2.24, 2.45) is 0 Å². The maximum absolute atomic E-state index is 12.4. The van der Waals surface area contributed by atoms with E-state index in [2.05, 4.69) is 26.2 Å². The fourth-order valence-electron chi connectivity index (χ4n) is 2.45. The zero-order chi connectivity index (χ0) is 19.2. The molecule has 2 aromatic carbocycles. The van der Waals surface area contributed by atoms with E-state index in [1.165, 1.54) is 16.2 Å². The number of carbonyl (C=O) groups excluding carboxylic acids is 2. The summed E-state index contributed by atoms with van der Waals surface area (Å²) in [6.45, 7) is -0.0180. The van der Waals surface area contributed by atoms with Crippen LogP contribution in [0, 0.1) is 0 Å². The second kappa shape index (κ2) is 8.92. The number of hydrogen-bond acceptors (Lipinski definition) is 4. The van der Waals surface area contributed by atoms with Gasteiger partial charge in [-0.25, -0.2) is 4.98 Å². The Hall–Kier alpha value is -2.51. The molecule has 138 valence electrons. The Bertz CT molecular complexity index is 943. The maximum atomic E-state index is 12.4. The summed E-state index contributed by atoms with van der Waals surface area (Å²) in [6, 6.07) is 17.2. The first-order chi connectivity index (χ1) is 13.0. The lowest BCUT2D eigenvalue weighted by Gasteiger charge is -2.16. The summed E-state index contributed by atoms with van der Waals surface area (Å²) in [5, 5.41) is 5.56. The summed E-state index contributed by atoms with van der Waals surface area (Å²) >= 11 is 4.89. The maximum Gasteiger partial charge on any atom is 0.244 e. The number of hydrogen-bond donors (Lipinski definition) is 1. The first-order valence-corrected chi connectivity index (χ1v) is 9.98. The van der Waals surface area contributed by atoms with E-state index >= 15 is 0 Å². The van der Waals surface area contributed by atoms with Crippen molar-refractivity contribution in [2.75, 3.05) is 18.9 Å². The monoisotopic (exact) mass is 443 g/mol. The lowest BCUT2D eigenvalue weighted by Crippen LogP contribution is -2.35. The van der Waals surface area contributed by atoms with Crippen LogP contribution >= 0.6 is 27.3 Å². The largest absolute Gasteiger partial charge is 0.336 e. The molecular formula is C20H18BrN3O2S. The minimum Gasteiger partial charge on any atom is -0.336 e. The first-order valence-electron chi connectivity index (χ1n) is 8.31. The Kier molecular flexibility index (Phi) is 6.36. The summed E-state index contributed by atoms with van der Waals surface area (Å²) in [5.74, 6) is -0.400. The van der Waals surface area contributed by atoms with Crippen molar-refractivity contribution in [3.63, 3.8) is 0 Å². The summed E-state index contributed by atoms with van der Waals surface area (Å²) in [7, 11) is 1.62. The molecule has 0 aliphatic carbocycles. The van der Waals surface area contributed by atoms with Gasteiger partial charge in [0.05, 0.1) is 24.3 Å². The van der Waals surface area contributed by atoms with E-state index in [0.29, 0.717) is 11.4 Å². The van der Waals surface area contributed by atoms with Crippen LogP contribution in [0.5, 0.6) is 0 Å². The Balaban J connectivity index is 1.56. The second-order valence-electron chi connectivity index (χ2n) is 5.96. The Morgan fingerprint density at radius 2 is 1.81 bits per heavy atom. The molecule has 1 heterocycles. The Morgan fingerprint density at radius 3 is 2.56 bits per heavy atom. The Labute approximate surface area is 170 Å². The van der Waals surface area contributed by atoms with Gasteiger partial charge in [-0.2, -0.15) is 0 Å². The van der Waals surface area contributed by atoms with E-state index < -0.39 is 0 Å². The highest BCUT2D eigenvalue weighted by Gasteiger charge is 2.16. The predicted octanol–water partition coefficient (Wildman–Crippen LogP) is 4.21. The molecular weight excluding hydrogens is 426 g/mol. The van der Waals surface area contributed by atoms with Gasteiger partial charge in [-0.15, -0.1) is 11.3 Å². The molecule has 0 bridgehead atoms. The van der Waals surface area contributed by atoms with Crippen molar-refractivity contribution >= 4 is 44.8 Å². The third-order valence-electron chi connectivity index (χ3n) is 3.86. The quantitative estimate of drug-likeness (QED) is 0.620. The second-order valence-corrected chi connectivity index (χ2v) is 7.68. The van der Waals surface area contributed by atoms with Gasteiger partial charge in [-0.05, 0) is 28.1 Å². The van der Waals surface area contributed by atoms with Crippen molar-refractivity contribution in [1.82, 2.24) is 9.88 Å². The summed E-state index contributed by atoms with van der Waals surface area (Å²) < 4.78 is 0.795. The number of thiazole rings is 1. The highest BCUT2D eigenvalue weighted by Crippen LogP contribution is 2.24. The van der Waals surface area contributed by atoms with Crippen LogP contribution in [0.25, 0.3) is 10.6 Å². The van der Waals surface area contributed by atoms with Crippen LogP contribution in [0.1, 0.15) is 5.69 Å². The van der Waals surface area contributed by atoms with E-state index in [4.69, 9.17) is 0 Å². The van der Waals surface area contributed by atoms with Gasteiger partial charge in [0.25, 0.3) is 0 Å². The fraction of sp³-hybridized carbons (Fsp3) is 0.150. The van der Waals surface area contributed by atoms with E-state index in [-0.39, 0.29) is 24.8 Å². The smallest absolute Gasteiger partial charge is 0.244 e. The molecule has 0 spiro atoms. The van der Waals surface area contributed by atoms with E-state index in [0.717, 1.165) is 15.0 Å². The van der Waals surface area contributed by atoms with E-state index in [1.807, 2.05) is 53.9 Å². The molecule has 0 saturated carbocycles. The highest BCUT2D eigenvalue weighted by molar-refractivity contribution is 9.10. The van der Waals surface area contributed by atoms with E-state index in [1.54, 1.807) is 13.1 Å². The number of nitrogens with one attached hydrogen (secondary N) is 1. The van der Waals surface area contributed by atoms with Gasteiger partial charge >= 0.3 is 0 Å². The topological polar surface area (TPSA) is 62.3 Å². The zero-order valence-electron chi connectivity index (χ0n) is 14.7. The van der Waals surface area contributed by atoms with Gasteiger partial charge in [0.1, 0.15) is 5.01 Å². The number of para-hydroxylation sites is 1. The molecule has 3 aromatic rings. The van der Waals surface area contributed by atoms with Gasteiger partial charge < -0.3 is 10.2 Å². The molecule has 0 atom stereocenters. The fourth-order valence-corrected chi connectivity index (χ4v) is 3.66. The van der Waals surface area contributed by atoms with Crippen LogP contribution in [0.3, 0.4) is 0 Å². The normalized spacial score (nSPS) is 10.4. The number of aromatic nitrogens is 1. The number of anilines is 1. The highest BCUT2D eigenvalue weighted by atomic mass is 79.9. The molecule has 3 rings (SSSR count). The molecule has 1 N–H and O–H groups in total. The van der Waals surface area contributed by atoms with Crippen LogP contribution in [-0.4, -0.2) is 35.3 Å². The standard InChI is InChI=1S/C20H18BrN3O2S/c1-24(12-18(25)23-17-10-6-5-9-16(17)21)19(26)11-15-13-27-20(22-15)14-7-3-2-4-8-14/h2-10,13H,11-12H2,1H3,(H,23,25). The SMILES string of the molecule is CN(CC(=O)Nc1ccccc1Br)C(=O)Cc1csc(-c2ccccc2)n1. The van der Waals surface area contributed by atoms with Crippen molar-refractivity contribution in [1.29, 1.82) is 0 Å². The lowest BCUT2D eigenvalue weighted by molar-refractivity contribution is -0.132. The number of nitrogens with zero attached hydrogens (tertiary/aromatic N) is 2. The molecule has 0 aliphatic heterocycles. The molecule has 0 unspecified atom stereocenters. The van der Waals surface area contributed by atoms with Gasteiger partial charge in [-0.3, -0.25) is 9.59 Å². The predicted molar refractivity (Wildman–Crippen MR) is 112 cm³/mol. The zero-order valence-corrected chi connectivity index (χ0v) is 17.1. The average Bonchev–Trinajstić information content (AvgIpc) is 3.13. The summed E-state index contributed by atoms with van der Waals surface area (Å²) in [5.41, 5.74) is 2.42. The minimum atomic E-state index is -0.249. The molecule has 0 saturated heterocycles. The molecule has 0 fully saturated rings. The third kappa shape index (κ3) is 5.24. The first kappa shape index (κ1) is 19.3. The van der Waals surface area contributed by atoms with E-state index in [9.17, 15) is 9.59 Å². The number of likely N-dealkylation sites (N-methyl/N-ethyl adjacent to an activating group) is 1. The average molecular weight is 444 g/mol. The van der Waals surface area contributed by atoms with Crippen molar-refractivity contribution in [2.45, 2.75) is 6.42 Å². The number of benzene rings is 2. The molecule has 0 aliphatic rings.